The van der Waals surface area contributed by atoms with Gasteiger partial charge in [-0.3, -0.25) is 4.90 Å². The number of benzene rings is 3. The number of aryl methyl sites for hydroxylation is 2. The van der Waals surface area contributed by atoms with Crippen LogP contribution in [0.1, 0.15) is 93.9 Å². The van der Waals surface area contributed by atoms with Crippen LogP contribution in [-0.4, -0.2) is 47.3 Å². The second-order valence-corrected chi connectivity index (χ2v) is 13.5. The molecule has 0 aromatic heterocycles. The molecule has 1 aliphatic carbocycles. The second-order valence-electron chi connectivity index (χ2n) is 13.5. The van der Waals surface area contributed by atoms with Gasteiger partial charge in [0.1, 0.15) is 12.4 Å². The summed E-state index contributed by atoms with van der Waals surface area (Å²) in [6.45, 7) is 10.3. The van der Waals surface area contributed by atoms with Gasteiger partial charge in [0, 0.05) is 11.5 Å². The Morgan fingerprint density at radius 2 is 1.58 bits per heavy atom. The fourth-order valence-electron chi connectivity index (χ4n) is 7.14. The number of hydrogen-bond donors (Lipinski definition) is 0. The van der Waals surface area contributed by atoms with E-state index in [0.717, 1.165) is 65.2 Å². The minimum atomic E-state index is -0.104. The molecule has 2 amide bonds. The number of piperidine rings is 1. The molecule has 0 bridgehead atoms. The van der Waals surface area contributed by atoms with E-state index in [9.17, 15) is 4.79 Å². The van der Waals surface area contributed by atoms with E-state index in [0.29, 0.717) is 12.5 Å². The topological polar surface area (TPSA) is 48.4 Å². The molecule has 0 radical (unpaired) electrons. The highest BCUT2D eigenvalue weighted by Crippen LogP contribution is 2.41. The number of hydrazone groups is 1. The first-order chi connectivity index (χ1) is 22.0. The van der Waals surface area contributed by atoms with Gasteiger partial charge in [-0.2, -0.15) is 5.10 Å². The number of carbonyl (C=O) groups excluding carboxylic acids is 1. The molecule has 238 valence electrons. The first-order valence-corrected chi connectivity index (χ1v) is 17.3. The zero-order chi connectivity index (χ0) is 31.2. The lowest BCUT2D eigenvalue weighted by Crippen LogP contribution is -2.41. The predicted octanol–water partition coefficient (Wildman–Crippen LogP) is 9.26. The van der Waals surface area contributed by atoms with Crippen molar-refractivity contribution in [3.8, 4) is 5.75 Å². The number of nitrogens with zero attached hydrogens (tertiary/aromatic N) is 4. The summed E-state index contributed by atoms with van der Waals surface area (Å²) in [5.74, 6) is 1.16. The number of fused-ring (bicyclic) bond motifs is 1. The van der Waals surface area contributed by atoms with Gasteiger partial charge < -0.3 is 9.64 Å². The lowest BCUT2D eigenvalue weighted by molar-refractivity contribution is 0.195. The molecule has 6 rings (SSSR count). The molecule has 1 saturated heterocycles. The minimum Gasteiger partial charge on any atom is -0.489 e. The molecule has 0 N–H and O–H groups in total. The maximum absolute atomic E-state index is 14.4. The molecule has 3 aromatic rings. The van der Waals surface area contributed by atoms with Crippen molar-refractivity contribution in [2.75, 3.05) is 24.5 Å². The summed E-state index contributed by atoms with van der Waals surface area (Å²) < 4.78 is 6.43. The van der Waals surface area contributed by atoms with Gasteiger partial charge in [0.25, 0.3) is 0 Å². The van der Waals surface area contributed by atoms with Gasteiger partial charge >= 0.3 is 6.03 Å². The third-order valence-electron chi connectivity index (χ3n) is 9.71. The van der Waals surface area contributed by atoms with Crippen molar-refractivity contribution in [2.24, 2.45) is 11.0 Å². The number of anilines is 2. The van der Waals surface area contributed by atoms with Gasteiger partial charge in [0.05, 0.1) is 23.1 Å². The SMILES string of the molecule is Cc1cc2c(cc1OCc1ccccc1)C(C1CCCCC1)=NN(C(C)C)C(=O)N2c1ccc(CCCN2CCCCC2)cc1. The number of likely N-dealkylation sites (tertiary alicyclic amines) is 1. The second kappa shape index (κ2) is 14.6. The minimum absolute atomic E-state index is 0.0724. The molecule has 45 heavy (non-hydrogen) atoms. The molecular weight excluding hydrogens is 556 g/mol. The van der Waals surface area contributed by atoms with Crippen molar-refractivity contribution in [1.82, 2.24) is 9.91 Å². The Labute approximate surface area is 270 Å². The van der Waals surface area contributed by atoms with Crippen LogP contribution < -0.4 is 9.64 Å². The average molecular weight is 607 g/mol. The van der Waals surface area contributed by atoms with Crippen LogP contribution in [0.15, 0.2) is 71.8 Å². The summed E-state index contributed by atoms with van der Waals surface area (Å²) in [6, 6.07) is 23.1. The first-order valence-electron chi connectivity index (χ1n) is 17.3. The smallest absolute Gasteiger partial charge is 0.349 e. The van der Waals surface area contributed by atoms with Gasteiger partial charge in [0.2, 0.25) is 0 Å². The Hall–Kier alpha value is -3.64. The largest absolute Gasteiger partial charge is 0.489 e. The molecule has 2 heterocycles. The van der Waals surface area contributed by atoms with E-state index in [4.69, 9.17) is 9.84 Å². The molecular formula is C39H50N4O2. The van der Waals surface area contributed by atoms with E-state index >= 15 is 0 Å². The maximum Gasteiger partial charge on any atom is 0.349 e. The molecule has 1 saturated carbocycles. The normalized spacial score (nSPS) is 18.1. The molecule has 0 spiro atoms. The van der Waals surface area contributed by atoms with Gasteiger partial charge in [-0.15, -0.1) is 0 Å². The number of rotatable bonds is 10. The molecule has 6 heteroatoms. The average Bonchev–Trinajstić information content (AvgIpc) is 3.19. The van der Waals surface area contributed by atoms with Crippen molar-refractivity contribution in [1.29, 1.82) is 0 Å². The molecule has 0 unspecified atom stereocenters. The molecule has 0 atom stereocenters. The van der Waals surface area contributed by atoms with Gasteiger partial charge in [-0.05, 0) is 120 Å². The summed E-state index contributed by atoms with van der Waals surface area (Å²) >= 11 is 0. The van der Waals surface area contributed by atoms with E-state index in [2.05, 4.69) is 74.2 Å². The summed E-state index contributed by atoms with van der Waals surface area (Å²) in [7, 11) is 0. The van der Waals surface area contributed by atoms with Gasteiger partial charge in [-0.25, -0.2) is 9.80 Å². The molecule has 6 nitrogen and oxygen atoms in total. The van der Waals surface area contributed by atoms with Gasteiger partial charge in [-0.1, -0.05) is 68.1 Å². The van der Waals surface area contributed by atoms with E-state index in [1.165, 1.54) is 63.7 Å². The van der Waals surface area contributed by atoms with E-state index < -0.39 is 0 Å². The van der Waals surface area contributed by atoms with Crippen molar-refractivity contribution in [2.45, 2.75) is 97.6 Å². The molecule has 2 aliphatic heterocycles. The number of ether oxygens (including phenoxy) is 1. The standard InChI is InChI=1S/C39H50N4O2/c1-29(2)43-39(44)42(34-21-19-31(20-22-34)16-13-25-41-23-11-6-12-24-41)36-26-30(3)37(45-28-32-14-7-4-8-15-32)27-35(36)38(40-43)33-17-9-5-10-18-33/h4,7-8,14-15,19-22,26-27,29,33H,5-6,9-13,16-18,23-25,28H2,1-3H3. The van der Waals surface area contributed by atoms with E-state index in [1.54, 1.807) is 5.01 Å². The van der Waals surface area contributed by atoms with Gasteiger partial charge in [0.15, 0.2) is 0 Å². The summed E-state index contributed by atoms with van der Waals surface area (Å²) in [6.07, 6.45) is 12.1. The summed E-state index contributed by atoms with van der Waals surface area (Å²) in [4.78, 5) is 18.9. The zero-order valence-corrected chi connectivity index (χ0v) is 27.5. The van der Waals surface area contributed by atoms with Crippen molar-refractivity contribution in [3.05, 3.63) is 89.0 Å². The molecule has 3 aromatic carbocycles. The van der Waals surface area contributed by atoms with Crippen LogP contribution in [0.25, 0.3) is 0 Å². The lowest BCUT2D eigenvalue weighted by Gasteiger charge is -2.29. The van der Waals surface area contributed by atoms with Crippen molar-refractivity contribution >= 4 is 23.1 Å². The number of amides is 2. The maximum atomic E-state index is 14.4. The first kappa shape index (κ1) is 31.3. The fourth-order valence-corrected chi connectivity index (χ4v) is 7.14. The summed E-state index contributed by atoms with van der Waals surface area (Å²) in [5.41, 5.74) is 7.27. The highest BCUT2D eigenvalue weighted by molar-refractivity contribution is 6.14. The highest BCUT2D eigenvalue weighted by atomic mass is 16.5. The molecule has 2 fully saturated rings. The number of carbonyl (C=O) groups is 1. The third-order valence-corrected chi connectivity index (χ3v) is 9.71. The predicted molar refractivity (Wildman–Crippen MR) is 185 cm³/mol. The van der Waals surface area contributed by atoms with Crippen LogP contribution in [0.2, 0.25) is 0 Å². The van der Waals surface area contributed by atoms with Crippen molar-refractivity contribution in [3.63, 3.8) is 0 Å². The lowest BCUT2D eigenvalue weighted by atomic mass is 9.82. The molecule has 3 aliphatic rings. The van der Waals surface area contributed by atoms with Crippen LogP contribution in [0, 0.1) is 12.8 Å². The Balaban J connectivity index is 1.33. The van der Waals surface area contributed by atoms with Crippen LogP contribution in [0.5, 0.6) is 5.75 Å². The van der Waals surface area contributed by atoms with E-state index in [1.807, 2.05) is 23.1 Å². The van der Waals surface area contributed by atoms with Crippen LogP contribution >= 0.6 is 0 Å². The van der Waals surface area contributed by atoms with Crippen LogP contribution in [0.3, 0.4) is 0 Å². The Bertz CT molecular complexity index is 1450. The Kier molecular flexibility index (Phi) is 10.2. The number of urea groups is 1. The third kappa shape index (κ3) is 7.44. The Morgan fingerprint density at radius 1 is 0.867 bits per heavy atom. The fraction of sp³-hybridized carbons (Fsp3) is 0.487. The Morgan fingerprint density at radius 3 is 2.29 bits per heavy atom. The van der Waals surface area contributed by atoms with Crippen LogP contribution in [0.4, 0.5) is 16.2 Å². The highest BCUT2D eigenvalue weighted by Gasteiger charge is 2.36. The van der Waals surface area contributed by atoms with Crippen LogP contribution in [-0.2, 0) is 13.0 Å². The van der Waals surface area contributed by atoms with E-state index in [-0.39, 0.29) is 12.1 Å². The zero-order valence-electron chi connectivity index (χ0n) is 27.5. The number of hydrogen-bond acceptors (Lipinski definition) is 4. The monoisotopic (exact) mass is 606 g/mol. The summed E-state index contributed by atoms with van der Waals surface area (Å²) in [5, 5.41) is 6.89. The van der Waals surface area contributed by atoms with Crippen molar-refractivity contribution < 1.29 is 9.53 Å². The quantitative estimate of drug-likeness (QED) is 0.231.